The first kappa shape index (κ1) is 20.5. The molecule has 0 radical (unpaired) electrons. The monoisotopic (exact) mass is 379 g/mol. The third kappa shape index (κ3) is 17.5. The molecule has 0 atom stereocenters. The highest BCUT2D eigenvalue weighted by Crippen LogP contribution is 2.18. The fourth-order valence-corrected chi connectivity index (χ4v) is 6.63. The van der Waals surface area contributed by atoms with E-state index >= 15 is 0 Å². The van der Waals surface area contributed by atoms with Crippen molar-refractivity contribution in [1.29, 1.82) is 0 Å². The minimum absolute atomic E-state index is 0.0521. The van der Waals surface area contributed by atoms with Gasteiger partial charge in [0.1, 0.15) is 0 Å². The largest absolute Gasteiger partial charge is 0.386 e. The zero-order chi connectivity index (χ0) is 14.2. The van der Waals surface area contributed by atoms with Crippen LogP contribution < -0.4 is 5.32 Å². The number of thioether (sulfide) groups is 6. The minimum atomic E-state index is 0.0521. The fraction of sp³-hybridized carbons (Fsp3) is 0.900. The van der Waals surface area contributed by atoms with E-state index in [0.29, 0.717) is 0 Å². The molecule has 0 bridgehead atoms. The third-order valence-electron chi connectivity index (χ3n) is 1.58. The van der Waals surface area contributed by atoms with Crippen LogP contribution in [0.2, 0.25) is 0 Å². The van der Waals surface area contributed by atoms with Gasteiger partial charge in [-0.3, -0.25) is 4.79 Å². The van der Waals surface area contributed by atoms with Crippen LogP contribution in [0.4, 0.5) is 4.79 Å². The Labute approximate surface area is 141 Å². The molecule has 0 saturated heterocycles. The van der Waals surface area contributed by atoms with Gasteiger partial charge in [-0.1, -0.05) is 18.7 Å². The molecule has 1 amide bonds. The second kappa shape index (κ2) is 17.6. The summed E-state index contributed by atoms with van der Waals surface area (Å²) in [5, 5.41) is 15.4. The lowest BCUT2D eigenvalue weighted by atomic mass is 10.8. The number of carbonyl (C=O) groups excluding carboxylic acids is 1. The van der Waals surface area contributed by atoms with Gasteiger partial charge >= 0.3 is 0 Å². The molecule has 9 heteroatoms. The molecule has 0 aromatic rings. The van der Waals surface area contributed by atoms with Crippen molar-refractivity contribution in [3.8, 4) is 0 Å². The molecule has 114 valence electrons. The van der Waals surface area contributed by atoms with Gasteiger partial charge in [0.25, 0.3) is 5.24 Å². The van der Waals surface area contributed by atoms with E-state index in [1.807, 2.05) is 35.3 Å². The second-order valence-corrected chi connectivity index (χ2v) is 10.7. The molecule has 0 aliphatic rings. The van der Waals surface area contributed by atoms with Crippen molar-refractivity contribution in [3.05, 3.63) is 0 Å². The zero-order valence-corrected chi connectivity index (χ0v) is 15.9. The number of rotatable bonds is 13. The summed E-state index contributed by atoms with van der Waals surface area (Å²) in [5.74, 6) is 2.30. The summed E-state index contributed by atoms with van der Waals surface area (Å²) in [7, 11) is 0. The van der Waals surface area contributed by atoms with Crippen LogP contribution >= 0.6 is 70.6 Å². The molecule has 0 aliphatic carbocycles. The molecule has 3 nitrogen and oxygen atoms in total. The predicted octanol–water partition coefficient (Wildman–Crippen LogP) is 3.89. The van der Waals surface area contributed by atoms with E-state index in [9.17, 15) is 4.79 Å². The fourth-order valence-electron chi connectivity index (χ4n) is 0.796. The SMILES string of the molecule is CCSCSCSCCNC(=O)SCSCSCO. The van der Waals surface area contributed by atoms with Gasteiger partial charge in [-0.15, -0.1) is 47.0 Å². The van der Waals surface area contributed by atoms with Gasteiger partial charge < -0.3 is 10.4 Å². The Kier molecular flexibility index (Phi) is 19.0. The van der Waals surface area contributed by atoms with Crippen molar-refractivity contribution in [2.24, 2.45) is 0 Å². The number of hydrogen-bond donors (Lipinski definition) is 2. The molecule has 0 saturated carbocycles. The average molecular weight is 380 g/mol. The van der Waals surface area contributed by atoms with Crippen LogP contribution in [0.3, 0.4) is 0 Å². The van der Waals surface area contributed by atoms with Gasteiger partial charge in [-0.05, 0) is 5.75 Å². The van der Waals surface area contributed by atoms with Crippen molar-refractivity contribution >= 4 is 75.8 Å². The number of aliphatic hydroxyl groups excluding tert-OH is 1. The smallest absolute Gasteiger partial charge is 0.279 e. The number of nitrogens with one attached hydrogen (secondary N) is 1. The highest BCUT2D eigenvalue weighted by Gasteiger charge is 2.01. The molecule has 0 aromatic carbocycles. The quantitative estimate of drug-likeness (QED) is 0.369. The van der Waals surface area contributed by atoms with Crippen molar-refractivity contribution < 1.29 is 9.90 Å². The van der Waals surface area contributed by atoms with Crippen molar-refractivity contribution in [3.63, 3.8) is 0 Å². The van der Waals surface area contributed by atoms with E-state index in [1.54, 1.807) is 11.8 Å². The molecular formula is C10H21NO2S6. The first-order valence-electron chi connectivity index (χ1n) is 5.71. The number of aliphatic hydroxyl groups is 1. The lowest BCUT2D eigenvalue weighted by molar-refractivity contribution is 0.261. The Morgan fingerprint density at radius 1 is 1.00 bits per heavy atom. The van der Waals surface area contributed by atoms with Crippen molar-refractivity contribution in [2.45, 2.75) is 6.92 Å². The summed E-state index contributed by atoms with van der Waals surface area (Å²) in [6.45, 7) is 2.92. The summed E-state index contributed by atoms with van der Waals surface area (Å²) in [6, 6.07) is 0. The minimum Gasteiger partial charge on any atom is -0.386 e. The topological polar surface area (TPSA) is 49.3 Å². The van der Waals surface area contributed by atoms with E-state index in [4.69, 9.17) is 5.11 Å². The molecule has 0 heterocycles. The van der Waals surface area contributed by atoms with Gasteiger partial charge in [-0.25, -0.2) is 0 Å². The predicted molar refractivity (Wildman–Crippen MR) is 101 cm³/mol. The number of carbonyl (C=O) groups is 1. The van der Waals surface area contributed by atoms with Crippen LogP contribution in [-0.4, -0.2) is 54.7 Å². The maximum absolute atomic E-state index is 11.4. The lowest BCUT2D eigenvalue weighted by Crippen LogP contribution is -2.21. The maximum atomic E-state index is 11.4. The highest BCUT2D eigenvalue weighted by atomic mass is 32.2. The molecular weight excluding hydrogens is 359 g/mol. The van der Waals surface area contributed by atoms with Crippen LogP contribution in [0.15, 0.2) is 0 Å². The molecule has 0 aromatic heterocycles. The van der Waals surface area contributed by atoms with E-state index in [0.717, 1.165) is 32.6 Å². The van der Waals surface area contributed by atoms with Crippen LogP contribution in [0.5, 0.6) is 0 Å². The van der Waals surface area contributed by atoms with Crippen molar-refractivity contribution in [1.82, 2.24) is 5.32 Å². The molecule has 0 rings (SSSR count). The van der Waals surface area contributed by atoms with Crippen molar-refractivity contribution in [2.75, 3.05) is 44.3 Å². The average Bonchev–Trinajstić information content (AvgIpc) is 2.41. The van der Waals surface area contributed by atoms with E-state index in [1.165, 1.54) is 29.3 Å². The molecule has 0 spiro atoms. The lowest BCUT2D eigenvalue weighted by Gasteiger charge is -2.04. The normalized spacial score (nSPS) is 10.6. The maximum Gasteiger partial charge on any atom is 0.279 e. The molecule has 2 N–H and O–H groups in total. The first-order valence-corrected chi connectivity index (χ1v) is 12.5. The molecule has 19 heavy (non-hydrogen) atoms. The highest BCUT2D eigenvalue weighted by molar-refractivity contribution is 8.27. The first-order chi connectivity index (χ1) is 9.31. The molecule has 0 unspecified atom stereocenters. The van der Waals surface area contributed by atoms with Gasteiger partial charge in [-0.2, -0.15) is 11.8 Å². The number of amides is 1. The molecule has 0 fully saturated rings. The van der Waals surface area contributed by atoms with Crippen LogP contribution in [0.1, 0.15) is 6.92 Å². The Hall–Kier alpha value is 1.53. The van der Waals surface area contributed by atoms with Gasteiger partial charge in [0.15, 0.2) is 0 Å². The number of hydrogen-bond acceptors (Lipinski definition) is 8. The van der Waals surface area contributed by atoms with Gasteiger partial charge in [0.2, 0.25) is 0 Å². The summed E-state index contributed by atoms with van der Waals surface area (Å²) in [4.78, 5) is 11.4. The van der Waals surface area contributed by atoms with E-state index in [-0.39, 0.29) is 11.2 Å². The summed E-state index contributed by atoms with van der Waals surface area (Å²) < 4.78 is 0. The summed E-state index contributed by atoms with van der Waals surface area (Å²) in [5.41, 5.74) is 0. The van der Waals surface area contributed by atoms with E-state index < -0.39 is 0 Å². The molecule has 0 aliphatic heterocycles. The summed E-state index contributed by atoms with van der Waals surface area (Å²) >= 11 is 10.2. The standard InChI is InChI=1S/C10H21NO2S6/c1-2-14-6-17-7-15-4-3-11-10(13)19-9-18-8-16-5-12/h12H,2-9H2,1H3,(H,11,13). The van der Waals surface area contributed by atoms with Crippen LogP contribution in [0.25, 0.3) is 0 Å². The van der Waals surface area contributed by atoms with Crippen LogP contribution in [-0.2, 0) is 0 Å². The second-order valence-electron chi connectivity index (χ2n) is 2.97. The Morgan fingerprint density at radius 3 is 2.42 bits per heavy atom. The Balaban J connectivity index is 3.12. The van der Waals surface area contributed by atoms with Crippen LogP contribution in [0, 0.1) is 0 Å². The van der Waals surface area contributed by atoms with Gasteiger partial charge in [0.05, 0.1) is 5.94 Å². The Morgan fingerprint density at radius 2 is 1.68 bits per heavy atom. The third-order valence-corrected chi connectivity index (χ3v) is 8.21. The van der Waals surface area contributed by atoms with E-state index in [2.05, 4.69) is 12.2 Å². The zero-order valence-electron chi connectivity index (χ0n) is 11.0. The van der Waals surface area contributed by atoms with Gasteiger partial charge in [0, 0.05) is 32.6 Å². The Bertz CT molecular complexity index is 210. The summed E-state index contributed by atoms with van der Waals surface area (Å²) in [6.07, 6.45) is 0.